The molecule has 1 unspecified atom stereocenters. The number of urea groups is 1. The van der Waals surface area contributed by atoms with Crippen molar-refractivity contribution in [2.75, 3.05) is 42.5 Å². The fraction of sp³-hybridized carbons (Fsp3) is 0.240. The third-order valence-electron chi connectivity index (χ3n) is 6.43. The van der Waals surface area contributed by atoms with Crippen LogP contribution in [0.25, 0.3) is 0 Å². The van der Waals surface area contributed by atoms with Gasteiger partial charge in [0.2, 0.25) is 5.91 Å². The summed E-state index contributed by atoms with van der Waals surface area (Å²) < 4.78 is 27.5. The second kappa shape index (κ2) is 10.2. The molecule has 1 atom stereocenters. The molecule has 2 aromatic carbocycles. The van der Waals surface area contributed by atoms with Gasteiger partial charge in [-0.15, -0.1) is 0 Å². The molecule has 0 saturated carbocycles. The highest BCUT2D eigenvalue weighted by molar-refractivity contribution is 7.89. The molecule has 0 aliphatic carbocycles. The maximum atomic E-state index is 13.8. The lowest BCUT2D eigenvalue weighted by atomic mass is 10.2. The zero-order chi connectivity index (χ0) is 26.2. The van der Waals surface area contributed by atoms with Gasteiger partial charge in [-0.3, -0.25) is 9.69 Å². The van der Waals surface area contributed by atoms with Crippen LogP contribution in [0.4, 0.5) is 16.3 Å². The van der Waals surface area contributed by atoms with Gasteiger partial charge in [0.15, 0.2) is 0 Å². The van der Waals surface area contributed by atoms with Crippen molar-refractivity contribution in [3.05, 3.63) is 83.0 Å². The van der Waals surface area contributed by atoms with Crippen LogP contribution in [-0.2, 0) is 14.8 Å². The van der Waals surface area contributed by atoms with Gasteiger partial charge in [-0.25, -0.2) is 22.5 Å². The highest BCUT2D eigenvalue weighted by Crippen LogP contribution is 2.34. The Morgan fingerprint density at radius 1 is 0.865 bits per heavy atom. The molecule has 0 N–H and O–H groups in total. The largest absolute Gasteiger partial charge is 0.352 e. The van der Waals surface area contributed by atoms with Crippen molar-refractivity contribution in [2.24, 2.45) is 0 Å². The van der Waals surface area contributed by atoms with Gasteiger partial charge in [0.25, 0.3) is 10.0 Å². The molecule has 2 fully saturated rings. The number of halogens is 2. The predicted molar refractivity (Wildman–Crippen MR) is 141 cm³/mol. The lowest BCUT2D eigenvalue weighted by Crippen LogP contribution is -2.55. The number of hydrogen-bond donors (Lipinski definition) is 0. The molecule has 37 heavy (non-hydrogen) atoms. The summed E-state index contributed by atoms with van der Waals surface area (Å²) in [6.45, 7) is 1.37. The van der Waals surface area contributed by atoms with Crippen LogP contribution in [0, 0.1) is 0 Å². The van der Waals surface area contributed by atoms with E-state index in [2.05, 4.69) is 4.98 Å². The zero-order valence-electron chi connectivity index (χ0n) is 19.6. The summed E-state index contributed by atoms with van der Waals surface area (Å²) in [6, 6.07) is 15.9. The molecule has 3 heterocycles. The van der Waals surface area contributed by atoms with Gasteiger partial charge in [-0.1, -0.05) is 53.5 Å². The maximum Gasteiger partial charge on any atom is 0.339 e. The molecule has 0 bridgehead atoms. The molecule has 1 aromatic heterocycles. The second-order valence-electron chi connectivity index (χ2n) is 8.59. The summed E-state index contributed by atoms with van der Waals surface area (Å²) in [5.41, 5.74) is 0.275. The van der Waals surface area contributed by atoms with Crippen LogP contribution in [0.2, 0.25) is 10.0 Å². The molecule has 5 rings (SSSR count). The van der Waals surface area contributed by atoms with Gasteiger partial charge in [0.05, 0.1) is 27.2 Å². The summed E-state index contributed by atoms with van der Waals surface area (Å²) in [6.07, 6.45) is 1.66. The van der Waals surface area contributed by atoms with Crippen molar-refractivity contribution in [3.63, 3.8) is 0 Å². The molecule has 2 saturated heterocycles. The number of benzene rings is 2. The van der Waals surface area contributed by atoms with E-state index in [1.807, 2.05) is 4.90 Å². The third-order valence-corrected chi connectivity index (χ3v) is 8.80. The standard InChI is InChI=1S/C25H23Cl2N5O4S/c26-19-9-4-5-11-21(19)32-22(17-31(25(32)34)37(35,36)18-7-2-1-3-8-18)24(33)30-15-13-29(14-16-30)23-20(27)10-6-12-28-23/h1-12,22H,13-17H2. The molecule has 2 aliphatic rings. The van der Waals surface area contributed by atoms with Crippen LogP contribution in [0.5, 0.6) is 0 Å². The fourth-order valence-corrected chi connectivity index (χ4v) is 6.41. The van der Waals surface area contributed by atoms with Gasteiger partial charge in [0.1, 0.15) is 11.9 Å². The van der Waals surface area contributed by atoms with Gasteiger partial charge >= 0.3 is 6.03 Å². The van der Waals surface area contributed by atoms with E-state index in [-0.39, 0.29) is 28.1 Å². The first-order chi connectivity index (χ1) is 17.8. The number of anilines is 2. The number of amides is 3. The molecule has 9 nitrogen and oxygen atoms in total. The Morgan fingerprint density at radius 3 is 2.19 bits per heavy atom. The van der Waals surface area contributed by atoms with Crippen LogP contribution in [-0.4, -0.2) is 73.3 Å². The maximum absolute atomic E-state index is 13.8. The Labute approximate surface area is 224 Å². The van der Waals surface area contributed by atoms with E-state index >= 15 is 0 Å². The summed E-state index contributed by atoms with van der Waals surface area (Å²) in [4.78, 5) is 36.4. The van der Waals surface area contributed by atoms with Crippen molar-refractivity contribution < 1.29 is 18.0 Å². The normalized spacial score (nSPS) is 18.4. The molecular weight excluding hydrogens is 537 g/mol. The molecule has 192 valence electrons. The number of aromatic nitrogens is 1. The van der Waals surface area contributed by atoms with Crippen molar-refractivity contribution in [1.29, 1.82) is 0 Å². The van der Waals surface area contributed by atoms with Crippen molar-refractivity contribution in [3.8, 4) is 0 Å². The first-order valence-electron chi connectivity index (χ1n) is 11.6. The number of pyridine rings is 1. The summed E-state index contributed by atoms with van der Waals surface area (Å²) in [5, 5.41) is 0.762. The summed E-state index contributed by atoms with van der Waals surface area (Å²) >= 11 is 12.7. The Kier molecular flexibility index (Phi) is 6.98. The van der Waals surface area contributed by atoms with E-state index in [9.17, 15) is 18.0 Å². The number of carbonyl (C=O) groups is 2. The van der Waals surface area contributed by atoms with Gasteiger partial charge < -0.3 is 9.80 Å². The highest BCUT2D eigenvalue weighted by atomic mass is 35.5. The first-order valence-corrected chi connectivity index (χ1v) is 13.8. The van der Waals surface area contributed by atoms with E-state index < -0.39 is 22.1 Å². The fourth-order valence-electron chi connectivity index (χ4n) is 4.56. The smallest absolute Gasteiger partial charge is 0.339 e. The number of carbonyl (C=O) groups excluding carboxylic acids is 2. The topological polar surface area (TPSA) is 94.1 Å². The number of nitrogens with zero attached hydrogens (tertiary/aromatic N) is 5. The number of para-hydroxylation sites is 1. The third kappa shape index (κ3) is 4.72. The quantitative estimate of drug-likeness (QED) is 0.472. The minimum absolute atomic E-state index is 0.0311. The molecule has 12 heteroatoms. The predicted octanol–water partition coefficient (Wildman–Crippen LogP) is 3.74. The minimum atomic E-state index is -4.19. The molecule has 0 spiro atoms. The number of sulfonamides is 1. The molecule has 2 aliphatic heterocycles. The number of hydrogen-bond acceptors (Lipinski definition) is 6. The van der Waals surface area contributed by atoms with Crippen LogP contribution < -0.4 is 9.80 Å². The van der Waals surface area contributed by atoms with Crippen molar-refractivity contribution >= 4 is 56.7 Å². The average molecular weight is 560 g/mol. The monoisotopic (exact) mass is 559 g/mol. The Hall–Kier alpha value is -3.34. The van der Waals surface area contributed by atoms with E-state index in [1.54, 1.807) is 65.7 Å². The highest BCUT2D eigenvalue weighted by Gasteiger charge is 2.49. The van der Waals surface area contributed by atoms with E-state index in [0.29, 0.717) is 37.0 Å². The Morgan fingerprint density at radius 2 is 1.51 bits per heavy atom. The lowest BCUT2D eigenvalue weighted by molar-refractivity contribution is -0.132. The van der Waals surface area contributed by atoms with E-state index in [0.717, 1.165) is 4.31 Å². The Bertz CT molecular complexity index is 1430. The lowest BCUT2D eigenvalue weighted by Gasteiger charge is -2.37. The number of rotatable bonds is 5. The Balaban J connectivity index is 1.43. The van der Waals surface area contributed by atoms with Crippen LogP contribution >= 0.6 is 23.2 Å². The zero-order valence-corrected chi connectivity index (χ0v) is 21.9. The average Bonchev–Trinajstić information content (AvgIpc) is 3.27. The SMILES string of the molecule is O=C(C1CN(S(=O)(=O)c2ccccc2)C(=O)N1c1ccccc1Cl)N1CCN(c2ncccc2Cl)CC1. The van der Waals surface area contributed by atoms with Gasteiger partial charge in [-0.2, -0.15) is 0 Å². The van der Waals surface area contributed by atoms with Crippen molar-refractivity contribution in [2.45, 2.75) is 10.9 Å². The van der Waals surface area contributed by atoms with Crippen molar-refractivity contribution in [1.82, 2.24) is 14.2 Å². The first kappa shape index (κ1) is 25.3. The number of piperazine rings is 1. The summed E-state index contributed by atoms with van der Waals surface area (Å²) in [5.74, 6) is 0.288. The second-order valence-corrected chi connectivity index (χ2v) is 11.3. The van der Waals surface area contributed by atoms with Gasteiger partial charge in [-0.05, 0) is 36.4 Å². The van der Waals surface area contributed by atoms with Crippen LogP contribution in [0.3, 0.4) is 0 Å². The van der Waals surface area contributed by atoms with E-state index in [4.69, 9.17) is 23.2 Å². The van der Waals surface area contributed by atoms with Crippen LogP contribution in [0.15, 0.2) is 77.8 Å². The summed E-state index contributed by atoms with van der Waals surface area (Å²) in [7, 11) is -4.19. The molecule has 0 radical (unpaired) electrons. The molecule has 3 amide bonds. The van der Waals surface area contributed by atoms with Crippen LogP contribution in [0.1, 0.15) is 0 Å². The molecular formula is C25H23Cl2N5O4S. The van der Waals surface area contributed by atoms with E-state index in [1.165, 1.54) is 17.0 Å². The minimum Gasteiger partial charge on any atom is -0.352 e. The molecule has 3 aromatic rings. The van der Waals surface area contributed by atoms with Gasteiger partial charge in [0, 0.05) is 32.4 Å².